The summed E-state index contributed by atoms with van der Waals surface area (Å²) in [5.41, 5.74) is -0.0135. The van der Waals surface area contributed by atoms with Gasteiger partial charge in [0, 0.05) is 22.8 Å². The summed E-state index contributed by atoms with van der Waals surface area (Å²) in [6, 6.07) is 3.92. The summed E-state index contributed by atoms with van der Waals surface area (Å²) in [5.74, 6) is -1.14. The van der Waals surface area contributed by atoms with Crippen molar-refractivity contribution in [1.82, 2.24) is 4.72 Å². The van der Waals surface area contributed by atoms with Crippen LogP contribution in [0.25, 0.3) is 0 Å². The molecule has 1 fully saturated rings. The zero-order chi connectivity index (χ0) is 14.8. The van der Waals surface area contributed by atoms with E-state index in [-0.39, 0.29) is 16.5 Å². The SMILES string of the molecule is O=C(O)c1cc(S(=O)(=O)NC2CCOCC2)ccc1I. The van der Waals surface area contributed by atoms with Crippen molar-refractivity contribution in [2.24, 2.45) is 0 Å². The quantitative estimate of drug-likeness (QED) is 0.732. The third kappa shape index (κ3) is 3.68. The Bertz CT molecular complexity index is 610. The third-order valence-electron chi connectivity index (χ3n) is 3.02. The molecule has 2 N–H and O–H groups in total. The Morgan fingerprint density at radius 1 is 1.35 bits per heavy atom. The summed E-state index contributed by atoms with van der Waals surface area (Å²) in [6.45, 7) is 1.06. The molecule has 0 atom stereocenters. The number of aromatic carboxylic acids is 1. The number of carboxylic acid groups (broad SMARTS) is 1. The topological polar surface area (TPSA) is 92.7 Å². The Morgan fingerprint density at radius 2 is 2.00 bits per heavy atom. The van der Waals surface area contributed by atoms with Gasteiger partial charge in [0.05, 0.1) is 10.5 Å². The normalized spacial score (nSPS) is 17.1. The molecule has 6 nitrogen and oxygen atoms in total. The predicted molar refractivity (Wildman–Crippen MR) is 80.3 cm³/mol. The van der Waals surface area contributed by atoms with Crippen molar-refractivity contribution < 1.29 is 23.1 Å². The molecule has 8 heteroatoms. The molecule has 1 heterocycles. The van der Waals surface area contributed by atoms with Gasteiger partial charge < -0.3 is 9.84 Å². The first-order chi connectivity index (χ1) is 9.40. The summed E-state index contributed by atoms with van der Waals surface area (Å²) < 4.78 is 32.7. The molecule has 110 valence electrons. The summed E-state index contributed by atoms with van der Waals surface area (Å²) in [4.78, 5) is 11.0. The van der Waals surface area contributed by atoms with Crippen molar-refractivity contribution in [2.75, 3.05) is 13.2 Å². The average Bonchev–Trinajstić information content (AvgIpc) is 2.39. The standard InChI is InChI=1S/C12H14INO5S/c13-11-2-1-9(7-10(11)12(15)16)20(17,18)14-8-3-5-19-6-4-8/h1-2,7-8,14H,3-6H2,(H,15,16). The number of hydrogen-bond acceptors (Lipinski definition) is 4. The second-order valence-corrected chi connectivity index (χ2v) is 7.33. The van der Waals surface area contributed by atoms with E-state index in [0.29, 0.717) is 29.6 Å². The zero-order valence-corrected chi connectivity index (χ0v) is 13.5. The van der Waals surface area contributed by atoms with Crippen molar-refractivity contribution in [2.45, 2.75) is 23.8 Å². The predicted octanol–water partition coefficient (Wildman–Crippen LogP) is 1.45. The highest BCUT2D eigenvalue weighted by Crippen LogP contribution is 2.19. The number of ether oxygens (including phenoxy) is 1. The van der Waals surface area contributed by atoms with Crippen LogP contribution in [0.15, 0.2) is 23.1 Å². The van der Waals surface area contributed by atoms with E-state index in [2.05, 4.69) is 4.72 Å². The van der Waals surface area contributed by atoms with Crippen LogP contribution in [0.3, 0.4) is 0 Å². The zero-order valence-electron chi connectivity index (χ0n) is 10.5. The third-order valence-corrected chi connectivity index (χ3v) is 5.48. The molecule has 2 rings (SSSR count). The molecular formula is C12H14INO5S. The van der Waals surface area contributed by atoms with Crippen LogP contribution in [-0.4, -0.2) is 38.7 Å². The Morgan fingerprint density at radius 3 is 2.60 bits per heavy atom. The monoisotopic (exact) mass is 411 g/mol. The van der Waals surface area contributed by atoms with E-state index >= 15 is 0 Å². The Hall–Kier alpha value is -0.710. The van der Waals surface area contributed by atoms with Crippen molar-refractivity contribution in [1.29, 1.82) is 0 Å². The lowest BCUT2D eigenvalue weighted by Crippen LogP contribution is -2.38. The van der Waals surface area contributed by atoms with Gasteiger partial charge in [-0.2, -0.15) is 0 Å². The summed E-state index contributed by atoms with van der Waals surface area (Å²) in [5, 5.41) is 9.04. The Labute approximate surface area is 130 Å². The molecule has 1 saturated heterocycles. The second kappa shape index (κ2) is 6.37. The maximum Gasteiger partial charge on any atom is 0.336 e. The number of sulfonamides is 1. The number of benzene rings is 1. The fraction of sp³-hybridized carbons (Fsp3) is 0.417. The smallest absolute Gasteiger partial charge is 0.336 e. The number of carbonyl (C=O) groups is 1. The van der Waals surface area contributed by atoms with Crippen LogP contribution in [0.1, 0.15) is 23.2 Å². The molecule has 0 aromatic heterocycles. The Kier molecular flexibility index (Phi) is 4.99. The van der Waals surface area contributed by atoms with Crippen molar-refractivity contribution in [3.8, 4) is 0 Å². The number of rotatable bonds is 4. The average molecular weight is 411 g/mol. The summed E-state index contributed by atoms with van der Waals surface area (Å²) >= 11 is 1.86. The van der Waals surface area contributed by atoms with E-state index in [1.54, 1.807) is 0 Å². The number of carboxylic acids is 1. The molecule has 0 spiro atoms. The van der Waals surface area contributed by atoms with Gasteiger partial charge in [-0.15, -0.1) is 0 Å². The van der Waals surface area contributed by atoms with Gasteiger partial charge in [-0.05, 0) is 53.6 Å². The molecule has 0 bridgehead atoms. The van der Waals surface area contributed by atoms with Crippen molar-refractivity contribution in [3.05, 3.63) is 27.3 Å². The molecule has 0 radical (unpaired) electrons. The minimum atomic E-state index is -3.70. The minimum absolute atomic E-state index is 0.0135. The molecule has 20 heavy (non-hydrogen) atoms. The molecule has 1 aromatic rings. The first-order valence-corrected chi connectivity index (χ1v) is 8.59. The maximum atomic E-state index is 12.2. The van der Waals surface area contributed by atoms with E-state index in [1.165, 1.54) is 18.2 Å². The van der Waals surface area contributed by atoms with Gasteiger partial charge in [0.15, 0.2) is 0 Å². The number of halogens is 1. The Balaban J connectivity index is 2.24. The van der Waals surface area contributed by atoms with Crippen molar-refractivity contribution >= 4 is 38.6 Å². The number of hydrogen-bond donors (Lipinski definition) is 2. The molecule has 0 saturated carbocycles. The van der Waals surface area contributed by atoms with Crippen LogP contribution in [-0.2, 0) is 14.8 Å². The van der Waals surface area contributed by atoms with E-state index in [1.807, 2.05) is 22.6 Å². The van der Waals surface area contributed by atoms with Crippen LogP contribution in [0.2, 0.25) is 0 Å². The lowest BCUT2D eigenvalue weighted by Gasteiger charge is -2.23. The largest absolute Gasteiger partial charge is 0.478 e. The fourth-order valence-corrected chi connectivity index (χ4v) is 3.84. The van der Waals surface area contributed by atoms with Gasteiger partial charge in [-0.3, -0.25) is 0 Å². The highest BCUT2D eigenvalue weighted by molar-refractivity contribution is 14.1. The first kappa shape index (κ1) is 15.7. The molecule has 0 unspecified atom stereocenters. The van der Waals surface area contributed by atoms with Gasteiger partial charge in [0.2, 0.25) is 10.0 Å². The molecule has 1 aromatic carbocycles. The lowest BCUT2D eigenvalue weighted by atomic mass is 10.1. The first-order valence-electron chi connectivity index (χ1n) is 6.03. The molecule has 0 aliphatic carbocycles. The summed E-state index contributed by atoms with van der Waals surface area (Å²) in [7, 11) is -3.70. The van der Waals surface area contributed by atoms with Gasteiger partial charge in [0.25, 0.3) is 0 Å². The highest BCUT2D eigenvalue weighted by Gasteiger charge is 2.23. The maximum absolute atomic E-state index is 12.2. The molecular weight excluding hydrogens is 397 g/mol. The highest BCUT2D eigenvalue weighted by atomic mass is 127. The van der Waals surface area contributed by atoms with E-state index in [9.17, 15) is 13.2 Å². The van der Waals surface area contributed by atoms with Crippen LogP contribution < -0.4 is 4.72 Å². The molecule has 1 aliphatic heterocycles. The van der Waals surface area contributed by atoms with Crippen LogP contribution in [0.4, 0.5) is 0 Å². The van der Waals surface area contributed by atoms with Gasteiger partial charge >= 0.3 is 5.97 Å². The second-order valence-electron chi connectivity index (χ2n) is 4.45. The number of nitrogens with one attached hydrogen (secondary N) is 1. The van der Waals surface area contributed by atoms with Gasteiger partial charge in [-0.25, -0.2) is 17.9 Å². The fourth-order valence-electron chi connectivity index (χ4n) is 1.94. The van der Waals surface area contributed by atoms with Gasteiger partial charge in [0.1, 0.15) is 0 Å². The van der Waals surface area contributed by atoms with Gasteiger partial charge in [-0.1, -0.05) is 0 Å². The summed E-state index contributed by atoms with van der Waals surface area (Å²) in [6.07, 6.45) is 1.24. The van der Waals surface area contributed by atoms with Crippen LogP contribution >= 0.6 is 22.6 Å². The lowest BCUT2D eigenvalue weighted by molar-refractivity contribution is 0.0695. The van der Waals surface area contributed by atoms with Crippen LogP contribution in [0, 0.1) is 3.57 Å². The van der Waals surface area contributed by atoms with E-state index in [4.69, 9.17) is 9.84 Å². The van der Waals surface area contributed by atoms with E-state index in [0.717, 1.165) is 0 Å². The molecule has 1 aliphatic rings. The van der Waals surface area contributed by atoms with Crippen molar-refractivity contribution in [3.63, 3.8) is 0 Å². The molecule has 0 amide bonds. The minimum Gasteiger partial charge on any atom is -0.478 e. The van der Waals surface area contributed by atoms with E-state index < -0.39 is 16.0 Å². The van der Waals surface area contributed by atoms with Crippen LogP contribution in [0.5, 0.6) is 0 Å².